The first kappa shape index (κ1) is 14.0. The quantitative estimate of drug-likeness (QED) is 0.677. The van der Waals surface area contributed by atoms with E-state index in [0.29, 0.717) is 37.0 Å². The minimum atomic E-state index is 0.531. The highest BCUT2D eigenvalue weighted by atomic mass is 35.5. The molecule has 21 heavy (non-hydrogen) atoms. The lowest BCUT2D eigenvalue weighted by molar-refractivity contribution is 0.386. The molecule has 0 aliphatic heterocycles. The third kappa shape index (κ3) is 2.90. The highest BCUT2D eigenvalue weighted by molar-refractivity contribution is 6.17. The van der Waals surface area contributed by atoms with Crippen molar-refractivity contribution in [3.05, 3.63) is 35.4 Å². The van der Waals surface area contributed by atoms with Gasteiger partial charge in [-0.25, -0.2) is 9.97 Å². The monoisotopic (exact) mass is 305 g/mol. The third-order valence-corrected chi connectivity index (χ3v) is 3.45. The van der Waals surface area contributed by atoms with E-state index in [0.717, 1.165) is 22.7 Å². The Balaban J connectivity index is 1.94. The molecule has 0 saturated heterocycles. The molecule has 0 atom stereocenters. The van der Waals surface area contributed by atoms with Gasteiger partial charge in [0.15, 0.2) is 11.5 Å². The molecule has 0 aliphatic rings. The summed E-state index contributed by atoms with van der Waals surface area (Å²) < 4.78 is 7.09. The van der Waals surface area contributed by atoms with Crippen molar-refractivity contribution in [3.63, 3.8) is 0 Å². The number of aromatic nitrogens is 5. The highest BCUT2D eigenvalue weighted by Crippen LogP contribution is 2.16. The summed E-state index contributed by atoms with van der Waals surface area (Å²) in [5, 5.41) is 3.92. The van der Waals surface area contributed by atoms with Crippen molar-refractivity contribution in [1.29, 1.82) is 0 Å². The number of aryl methyl sites for hydroxylation is 5. The fourth-order valence-corrected chi connectivity index (χ4v) is 2.48. The molecule has 0 amide bonds. The third-order valence-electron chi connectivity index (χ3n) is 3.26. The molecule has 0 spiro atoms. The maximum atomic E-state index is 5.87. The average molecular weight is 306 g/mol. The number of pyridine rings is 1. The van der Waals surface area contributed by atoms with Crippen LogP contribution in [0.3, 0.4) is 0 Å². The summed E-state index contributed by atoms with van der Waals surface area (Å²) in [6.07, 6.45) is 1.38. The normalized spacial score (nSPS) is 11.4. The van der Waals surface area contributed by atoms with Gasteiger partial charge in [0.25, 0.3) is 0 Å². The van der Waals surface area contributed by atoms with Crippen LogP contribution in [0.25, 0.3) is 11.2 Å². The van der Waals surface area contributed by atoms with Gasteiger partial charge in [-0.1, -0.05) is 5.16 Å². The van der Waals surface area contributed by atoms with E-state index in [4.69, 9.17) is 16.1 Å². The molecule has 110 valence electrons. The summed E-state index contributed by atoms with van der Waals surface area (Å²) in [5.74, 6) is 2.75. The maximum Gasteiger partial charge on any atom is 0.223 e. The predicted molar refractivity (Wildman–Crippen MR) is 79.4 cm³/mol. The van der Waals surface area contributed by atoms with Gasteiger partial charge in [-0.2, -0.15) is 4.98 Å². The van der Waals surface area contributed by atoms with Crippen LogP contribution in [0, 0.1) is 13.8 Å². The molecule has 0 unspecified atom stereocenters. The number of imidazole rings is 1. The molecule has 3 rings (SSSR count). The zero-order valence-corrected chi connectivity index (χ0v) is 12.8. The van der Waals surface area contributed by atoms with Crippen LogP contribution in [-0.4, -0.2) is 30.6 Å². The van der Waals surface area contributed by atoms with E-state index in [1.165, 1.54) is 0 Å². The second-order valence-corrected chi connectivity index (χ2v) is 5.27. The lowest BCUT2D eigenvalue weighted by Crippen LogP contribution is -2.08. The number of nitrogens with zero attached hydrogens (tertiary/aromatic N) is 5. The Kier molecular flexibility index (Phi) is 3.88. The lowest BCUT2D eigenvalue weighted by Gasteiger charge is -2.06. The summed E-state index contributed by atoms with van der Waals surface area (Å²) in [6.45, 7) is 4.46. The molecule has 0 bridgehead atoms. The number of rotatable bonds is 5. The van der Waals surface area contributed by atoms with Gasteiger partial charge in [0, 0.05) is 37.9 Å². The molecule has 6 nitrogen and oxygen atoms in total. The standard InChI is InChI=1S/C14H16ClN5O/c1-9-3-4-11-14(16-9)20(13(18-11)5-7-15)8-6-12-17-10(2)21-19-12/h3-4H,5-8H2,1-2H3. The van der Waals surface area contributed by atoms with E-state index < -0.39 is 0 Å². The molecule has 0 fully saturated rings. The average Bonchev–Trinajstić information content (AvgIpc) is 3.01. The van der Waals surface area contributed by atoms with Crippen LogP contribution < -0.4 is 0 Å². The molecule has 0 aromatic carbocycles. The number of hydrogen-bond acceptors (Lipinski definition) is 5. The van der Waals surface area contributed by atoms with Gasteiger partial charge in [0.1, 0.15) is 11.3 Å². The summed E-state index contributed by atoms with van der Waals surface area (Å²) in [6, 6.07) is 3.96. The minimum absolute atomic E-state index is 0.531. The minimum Gasteiger partial charge on any atom is -0.340 e. The van der Waals surface area contributed by atoms with Crippen LogP contribution in [-0.2, 0) is 19.4 Å². The Morgan fingerprint density at radius 3 is 2.71 bits per heavy atom. The van der Waals surface area contributed by atoms with Gasteiger partial charge in [-0.3, -0.25) is 0 Å². The van der Waals surface area contributed by atoms with E-state index in [-0.39, 0.29) is 0 Å². The summed E-state index contributed by atoms with van der Waals surface area (Å²) in [4.78, 5) is 13.4. The van der Waals surface area contributed by atoms with Crippen LogP contribution in [0.5, 0.6) is 0 Å². The Morgan fingerprint density at radius 2 is 2.00 bits per heavy atom. The molecule has 7 heteroatoms. The van der Waals surface area contributed by atoms with Gasteiger partial charge in [0.05, 0.1) is 0 Å². The van der Waals surface area contributed by atoms with Crippen molar-refractivity contribution in [2.75, 3.05) is 5.88 Å². The van der Waals surface area contributed by atoms with Gasteiger partial charge in [-0.05, 0) is 19.1 Å². The van der Waals surface area contributed by atoms with Gasteiger partial charge >= 0.3 is 0 Å². The van der Waals surface area contributed by atoms with Crippen molar-refractivity contribution in [3.8, 4) is 0 Å². The van der Waals surface area contributed by atoms with Crippen LogP contribution >= 0.6 is 11.6 Å². The largest absolute Gasteiger partial charge is 0.340 e. The second-order valence-electron chi connectivity index (χ2n) is 4.89. The van der Waals surface area contributed by atoms with Gasteiger partial charge in [-0.15, -0.1) is 11.6 Å². The number of fused-ring (bicyclic) bond motifs is 1. The Morgan fingerprint density at radius 1 is 1.14 bits per heavy atom. The van der Waals surface area contributed by atoms with Crippen molar-refractivity contribution in [2.24, 2.45) is 0 Å². The molecule has 0 N–H and O–H groups in total. The number of hydrogen-bond donors (Lipinski definition) is 0. The maximum absolute atomic E-state index is 5.87. The Bertz CT molecular complexity index is 764. The topological polar surface area (TPSA) is 69.6 Å². The first-order valence-electron chi connectivity index (χ1n) is 6.85. The van der Waals surface area contributed by atoms with Crippen LogP contribution in [0.15, 0.2) is 16.7 Å². The molecule has 3 aromatic heterocycles. The Hall–Kier alpha value is -1.95. The van der Waals surface area contributed by atoms with Crippen molar-refractivity contribution in [1.82, 2.24) is 24.7 Å². The van der Waals surface area contributed by atoms with Crippen LogP contribution in [0.2, 0.25) is 0 Å². The van der Waals surface area contributed by atoms with Gasteiger partial charge in [0.2, 0.25) is 5.89 Å². The van der Waals surface area contributed by atoms with E-state index in [2.05, 4.69) is 24.7 Å². The molecule has 3 aromatic rings. The second kappa shape index (κ2) is 5.81. The fourth-order valence-electron chi connectivity index (χ4n) is 2.31. The van der Waals surface area contributed by atoms with E-state index in [1.807, 2.05) is 19.1 Å². The van der Waals surface area contributed by atoms with Crippen LogP contribution in [0.4, 0.5) is 0 Å². The van der Waals surface area contributed by atoms with Crippen molar-refractivity contribution >= 4 is 22.8 Å². The van der Waals surface area contributed by atoms with Crippen molar-refractivity contribution in [2.45, 2.75) is 33.2 Å². The summed E-state index contributed by atoms with van der Waals surface area (Å²) in [5.41, 5.74) is 2.75. The molecule has 0 radical (unpaired) electrons. The molecule has 3 heterocycles. The smallest absolute Gasteiger partial charge is 0.223 e. The number of alkyl halides is 1. The lowest BCUT2D eigenvalue weighted by atomic mass is 10.3. The molecular formula is C14H16ClN5O. The first-order chi connectivity index (χ1) is 10.2. The van der Waals surface area contributed by atoms with Gasteiger partial charge < -0.3 is 9.09 Å². The van der Waals surface area contributed by atoms with Crippen LogP contribution in [0.1, 0.15) is 23.2 Å². The van der Waals surface area contributed by atoms with Crippen molar-refractivity contribution < 1.29 is 4.52 Å². The molecule has 0 aliphatic carbocycles. The summed E-state index contributed by atoms with van der Waals surface area (Å²) in [7, 11) is 0. The van der Waals surface area contributed by atoms with E-state index >= 15 is 0 Å². The summed E-state index contributed by atoms with van der Waals surface area (Å²) >= 11 is 5.87. The van der Waals surface area contributed by atoms with E-state index in [9.17, 15) is 0 Å². The zero-order chi connectivity index (χ0) is 14.8. The first-order valence-corrected chi connectivity index (χ1v) is 7.38. The van der Waals surface area contributed by atoms with E-state index in [1.54, 1.807) is 6.92 Å². The highest BCUT2D eigenvalue weighted by Gasteiger charge is 2.13. The molecular weight excluding hydrogens is 290 g/mol. The zero-order valence-electron chi connectivity index (χ0n) is 12.0. The number of halogens is 1. The molecule has 0 saturated carbocycles. The SMILES string of the molecule is Cc1ccc2nc(CCCl)n(CCc3noc(C)n3)c2n1. The Labute approximate surface area is 127 Å². The fraction of sp³-hybridized carbons (Fsp3) is 0.429. The predicted octanol–water partition coefficient (Wildman–Crippen LogP) is 2.46.